The number of carbonyl (C=O) groups excluding carboxylic acids is 2. The molecule has 2 atom stereocenters. The Bertz CT molecular complexity index is 1110. The van der Waals surface area contributed by atoms with Crippen LogP contribution >= 0.6 is 7.82 Å². The van der Waals surface area contributed by atoms with Crippen molar-refractivity contribution in [1.82, 2.24) is 4.90 Å². The minimum atomic E-state index is -4.37. The lowest BCUT2D eigenvalue weighted by Gasteiger charge is -2.20. The number of carbonyl (C=O) groups is 2. The Morgan fingerprint density at radius 2 is 0.885 bits per heavy atom. The highest BCUT2D eigenvalue weighted by Crippen LogP contribution is 2.43. The van der Waals surface area contributed by atoms with Crippen LogP contribution in [0.5, 0.6) is 0 Å². The Kier molecular flexibility index (Phi) is 44.9. The highest BCUT2D eigenvalue weighted by molar-refractivity contribution is 7.47. The first-order valence-electron chi connectivity index (χ1n) is 25.3. The van der Waals surface area contributed by atoms with Gasteiger partial charge in [-0.3, -0.25) is 18.6 Å². The molecule has 0 saturated carbocycles. The maximum absolute atomic E-state index is 12.7. The minimum Gasteiger partial charge on any atom is -0.462 e. The number of allylic oxidation sites excluding steroid dienone is 6. The number of unbranched alkanes of at least 4 members (excludes halogenated alkanes) is 27. The molecule has 1 N–H and O–H groups in total. The lowest BCUT2D eigenvalue weighted by molar-refractivity contribution is -0.161. The average Bonchev–Trinajstić information content (AvgIpc) is 3.23. The number of hydrogen-bond acceptors (Lipinski definition) is 8. The summed E-state index contributed by atoms with van der Waals surface area (Å²) >= 11 is 0. The number of rotatable bonds is 47. The van der Waals surface area contributed by atoms with E-state index in [1.165, 1.54) is 148 Å². The quantitative estimate of drug-likeness (QED) is 0.0276. The summed E-state index contributed by atoms with van der Waals surface area (Å²) in [6.07, 6.45) is 51.9. The molecule has 0 aliphatic rings. The number of ether oxygens (including phenoxy) is 2. The maximum Gasteiger partial charge on any atom is 0.472 e. The zero-order valence-corrected chi connectivity index (χ0v) is 41.0. The fraction of sp³-hybridized carbons (Fsp3) is 0.843. The van der Waals surface area contributed by atoms with Crippen LogP contribution in [0.3, 0.4) is 0 Å². The van der Waals surface area contributed by atoms with Gasteiger partial charge in [-0.2, -0.15) is 0 Å². The first-order chi connectivity index (χ1) is 29.7. The molecule has 9 nitrogen and oxygen atoms in total. The van der Waals surface area contributed by atoms with Crippen molar-refractivity contribution in [3.05, 3.63) is 36.5 Å². The molecule has 0 aliphatic heterocycles. The van der Waals surface area contributed by atoms with Crippen LogP contribution in [0, 0.1) is 0 Å². The lowest BCUT2D eigenvalue weighted by atomic mass is 10.0. The molecule has 0 amide bonds. The van der Waals surface area contributed by atoms with E-state index >= 15 is 0 Å². The Labute approximate surface area is 376 Å². The van der Waals surface area contributed by atoms with Crippen molar-refractivity contribution in [2.45, 2.75) is 238 Å². The van der Waals surface area contributed by atoms with Crippen molar-refractivity contribution < 1.29 is 37.6 Å². The standard InChI is InChI=1S/C51H96NO8P/c1-5-7-9-11-13-15-17-19-21-23-24-25-26-28-29-31-33-35-37-39-41-43-50(53)57-47-49(48-59-61(55,56)58-46-45-52(3)4)60-51(54)44-42-40-38-36-34-32-30-27-22-20-18-16-14-12-10-8-6-2/h14,16,19-22,49H,5-13,15,17-18,23-48H2,1-4H3,(H,55,56)/b16-14-,21-19-,22-20-. The van der Waals surface area contributed by atoms with Crippen molar-refractivity contribution >= 4 is 19.8 Å². The van der Waals surface area contributed by atoms with E-state index in [1.54, 1.807) is 0 Å². The molecular formula is C51H96NO8P. The molecule has 0 spiro atoms. The molecule has 0 heterocycles. The summed E-state index contributed by atoms with van der Waals surface area (Å²) in [7, 11) is -0.714. The molecule has 0 aromatic rings. The fourth-order valence-corrected chi connectivity index (χ4v) is 7.75. The topological polar surface area (TPSA) is 112 Å². The zero-order valence-electron chi connectivity index (χ0n) is 40.1. The van der Waals surface area contributed by atoms with Crippen LogP contribution in [-0.4, -0.2) is 68.3 Å². The lowest BCUT2D eigenvalue weighted by Crippen LogP contribution is -2.29. The van der Waals surface area contributed by atoms with E-state index in [-0.39, 0.29) is 32.0 Å². The third-order valence-corrected chi connectivity index (χ3v) is 11.9. The second-order valence-corrected chi connectivity index (χ2v) is 18.8. The molecule has 61 heavy (non-hydrogen) atoms. The van der Waals surface area contributed by atoms with Crippen molar-refractivity contribution in [1.29, 1.82) is 0 Å². The van der Waals surface area contributed by atoms with E-state index in [9.17, 15) is 19.0 Å². The van der Waals surface area contributed by atoms with E-state index in [0.29, 0.717) is 13.0 Å². The van der Waals surface area contributed by atoms with E-state index in [1.807, 2.05) is 19.0 Å². The van der Waals surface area contributed by atoms with Crippen LogP contribution in [0.2, 0.25) is 0 Å². The van der Waals surface area contributed by atoms with Gasteiger partial charge < -0.3 is 19.3 Å². The number of phosphoric ester groups is 1. The van der Waals surface area contributed by atoms with Gasteiger partial charge in [0, 0.05) is 19.4 Å². The summed E-state index contributed by atoms with van der Waals surface area (Å²) in [6.45, 7) is 4.31. The Morgan fingerprint density at radius 3 is 1.34 bits per heavy atom. The highest BCUT2D eigenvalue weighted by atomic mass is 31.2. The van der Waals surface area contributed by atoms with Crippen LogP contribution in [0.15, 0.2) is 36.5 Å². The van der Waals surface area contributed by atoms with Gasteiger partial charge in [-0.05, 0) is 84.7 Å². The molecule has 2 unspecified atom stereocenters. The van der Waals surface area contributed by atoms with Gasteiger partial charge in [-0.1, -0.05) is 185 Å². The second kappa shape index (κ2) is 46.2. The molecule has 0 aliphatic carbocycles. The molecule has 358 valence electrons. The van der Waals surface area contributed by atoms with Gasteiger partial charge >= 0.3 is 19.8 Å². The summed E-state index contributed by atoms with van der Waals surface area (Å²) in [5, 5.41) is 0. The average molecular weight is 882 g/mol. The zero-order chi connectivity index (χ0) is 44.8. The van der Waals surface area contributed by atoms with Crippen LogP contribution in [0.1, 0.15) is 232 Å². The van der Waals surface area contributed by atoms with E-state index in [2.05, 4.69) is 50.3 Å². The van der Waals surface area contributed by atoms with Crippen LogP contribution in [0.25, 0.3) is 0 Å². The molecule has 10 heteroatoms. The predicted octanol–water partition coefficient (Wildman–Crippen LogP) is 15.1. The number of likely N-dealkylation sites (N-methyl/N-ethyl adjacent to an activating group) is 1. The highest BCUT2D eigenvalue weighted by Gasteiger charge is 2.26. The first-order valence-corrected chi connectivity index (χ1v) is 26.8. The summed E-state index contributed by atoms with van der Waals surface area (Å²) in [5.74, 6) is -0.805. The van der Waals surface area contributed by atoms with Crippen molar-refractivity contribution in [3.63, 3.8) is 0 Å². The Morgan fingerprint density at radius 1 is 0.508 bits per heavy atom. The summed E-state index contributed by atoms with van der Waals surface area (Å²) in [4.78, 5) is 37.2. The van der Waals surface area contributed by atoms with E-state index in [4.69, 9.17) is 18.5 Å². The molecule has 0 saturated heterocycles. The first kappa shape index (κ1) is 59.2. The summed E-state index contributed by atoms with van der Waals surface area (Å²) < 4.78 is 33.6. The molecule has 0 bridgehead atoms. The molecule has 0 radical (unpaired) electrons. The maximum atomic E-state index is 12.7. The largest absolute Gasteiger partial charge is 0.472 e. The van der Waals surface area contributed by atoms with Crippen LogP contribution in [-0.2, 0) is 32.7 Å². The van der Waals surface area contributed by atoms with Crippen LogP contribution < -0.4 is 0 Å². The van der Waals surface area contributed by atoms with Gasteiger partial charge in [0.05, 0.1) is 13.2 Å². The van der Waals surface area contributed by atoms with Gasteiger partial charge in [-0.15, -0.1) is 0 Å². The smallest absolute Gasteiger partial charge is 0.462 e. The monoisotopic (exact) mass is 882 g/mol. The third-order valence-electron chi connectivity index (χ3n) is 10.9. The van der Waals surface area contributed by atoms with Gasteiger partial charge in [-0.25, -0.2) is 4.57 Å². The van der Waals surface area contributed by atoms with Crippen LogP contribution in [0.4, 0.5) is 0 Å². The van der Waals surface area contributed by atoms with Crippen molar-refractivity contribution in [3.8, 4) is 0 Å². The van der Waals surface area contributed by atoms with Crippen molar-refractivity contribution in [2.24, 2.45) is 0 Å². The van der Waals surface area contributed by atoms with Crippen molar-refractivity contribution in [2.75, 3.05) is 40.5 Å². The van der Waals surface area contributed by atoms with E-state index in [0.717, 1.165) is 51.4 Å². The van der Waals surface area contributed by atoms with E-state index < -0.39 is 26.5 Å². The molecule has 0 fully saturated rings. The molecule has 0 rings (SSSR count). The molecular weight excluding hydrogens is 786 g/mol. The fourth-order valence-electron chi connectivity index (χ4n) is 7.01. The summed E-state index contributed by atoms with van der Waals surface area (Å²) in [5.41, 5.74) is 0. The Hall–Kier alpha value is -1.77. The predicted molar refractivity (Wildman–Crippen MR) is 257 cm³/mol. The second-order valence-electron chi connectivity index (χ2n) is 17.3. The van der Waals surface area contributed by atoms with Gasteiger partial charge in [0.1, 0.15) is 6.61 Å². The number of nitrogens with zero attached hydrogens (tertiary/aromatic N) is 1. The third kappa shape index (κ3) is 47.5. The molecule has 0 aromatic carbocycles. The van der Waals surface area contributed by atoms with Gasteiger partial charge in [0.2, 0.25) is 0 Å². The molecule has 0 aromatic heterocycles. The minimum absolute atomic E-state index is 0.00602. The number of hydrogen-bond donors (Lipinski definition) is 1. The number of esters is 2. The summed E-state index contributed by atoms with van der Waals surface area (Å²) in [6, 6.07) is 0. The van der Waals surface area contributed by atoms with Gasteiger partial charge in [0.15, 0.2) is 6.10 Å². The number of phosphoric acid groups is 1. The SMILES string of the molecule is CCCCC/C=C\C/C=C\CCCCCCCCCC(=O)OC(COC(=O)CCCCCCCCCCCCC/C=C\CCCCCCCC)COP(=O)(O)OCCN(C)C. The normalized spacial score (nSPS) is 13.5. The Balaban J connectivity index is 4.18. The van der Waals surface area contributed by atoms with Gasteiger partial charge in [0.25, 0.3) is 0 Å².